The Morgan fingerprint density at radius 3 is 2.59 bits per heavy atom. The highest BCUT2D eigenvalue weighted by Crippen LogP contribution is 2.17. The van der Waals surface area contributed by atoms with Crippen molar-refractivity contribution in [1.29, 1.82) is 0 Å². The second kappa shape index (κ2) is 5.47. The first-order valence-electron chi connectivity index (χ1n) is 5.17. The fourth-order valence-electron chi connectivity index (χ4n) is 1.35. The molecule has 3 nitrogen and oxygen atoms in total. The third-order valence-electron chi connectivity index (χ3n) is 2.72. The van der Waals surface area contributed by atoms with Crippen LogP contribution in [0, 0.1) is 6.92 Å². The topological polar surface area (TPSA) is 46.3 Å². The lowest BCUT2D eigenvalue weighted by molar-refractivity contribution is 0.0779. The van der Waals surface area contributed by atoms with Gasteiger partial charge in [0.15, 0.2) is 0 Å². The van der Waals surface area contributed by atoms with E-state index < -0.39 is 0 Å². The number of amides is 1. The average molecular weight is 271 g/mol. The summed E-state index contributed by atoms with van der Waals surface area (Å²) in [4.78, 5) is 13.9. The maximum absolute atomic E-state index is 12.1. The monoisotopic (exact) mass is 270 g/mol. The van der Waals surface area contributed by atoms with Gasteiger partial charge in [-0.2, -0.15) is 0 Å². The van der Waals surface area contributed by atoms with Crippen LogP contribution in [0.4, 0.5) is 0 Å². The Balaban J connectivity index is 2.96. The third kappa shape index (κ3) is 3.17. The van der Waals surface area contributed by atoms with E-state index in [2.05, 4.69) is 0 Å². The van der Waals surface area contributed by atoms with E-state index in [1.54, 1.807) is 32.2 Å². The Hall–Kier alpha value is -1.13. The normalized spacial score (nSPS) is 12.0. The standard InChI is InChI=1S/C12H15ClN2OS/c1-7-6-9(4-5-10(7)13)12(16)15(3)8(2)11(14)17/h4-6,8H,1-3H3,(H2,14,17). The van der Waals surface area contributed by atoms with Crippen LogP contribution in [0.2, 0.25) is 5.02 Å². The zero-order chi connectivity index (χ0) is 13.2. The van der Waals surface area contributed by atoms with Gasteiger partial charge in [-0.15, -0.1) is 0 Å². The lowest BCUT2D eigenvalue weighted by atomic mass is 10.1. The van der Waals surface area contributed by atoms with E-state index in [0.29, 0.717) is 15.6 Å². The highest BCUT2D eigenvalue weighted by Gasteiger charge is 2.19. The number of aryl methyl sites for hydroxylation is 1. The van der Waals surface area contributed by atoms with Crippen molar-refractivity contribution in [2.75, 3.05) is 7.05 Å². The highest BCUT2D eigenvalue weighted by molar-refractivity contribution is 7.80. The number of benzene rings is 1. The molecule has 0 saturated heterocycles. The van der Waals surface area contributed by atoms with Crippen molar-refractivity contribution < 1.29 is 4.79 Å². The van der Waals surface area contributed by atoms with E-state index in [0.717, 1.165) is 5.56 Å². The van der Waals surface area contributed by atoms with Gasteiger partial charge in [0.2, 0.25) is 0 Å². The van der Waals surface area contributed by atoms with Gasteiger partial charge in [-0.3, -0.25) is 4.79 Å². The van der Waals surface area contributed by atoms with Gasteiger partial charge in [-0.1, -0.05) is 23.8 Å². The maximum atomic E-state index is 12.1. The number of nitrogens with two attached hydrogens (primary N) is 1. The molecule has 0 heterocycles. The summed E-state index contributed by atoms with van der Waals surface area (Å²) in [6.07, 6.45) is 0. The van der Waals surface area contributed by atoms with Crippen molar-refractivity contribution in [2.24, 2.45) is 5.73 Å². The zero-order valence-corrected chi connectivity index (χ0v) is 11.6. The molecule has 1 aromatic carbocycles. The minimum absolute atomic E-state index is 0.120. The highest BCUT2D eigenvalue weighted by atomic mass is 35.5. The van der Waals surface area contributed by atoms with Crippen LogP contribution in [0.1, 0.15) is 22.8 Å². The number of hydrogen-bond donors (Lipinski definition) is 1. The molecule has 1 atom stereocenters. The maximum Gasteiger partial charge on any atom is 0.254 e. The third-order valence-corrected chi connectivity index (χ3v) is 3.48. The SMILES string of the molecule is Cc1cc(C(=O)N(C)C(C)C(N)=S)ccc1Cl. The minimum Gasteiger partial charge on any atom is -0.392 e. The molecule has 0 aliphatic rings. The lowest BCUT2D eigenvalue weighted by Gasteiger charge is -2.24. The number of halogens is 1. The molecule has 5 heteroatoms. The fourth-order valence-corrected chi connectivity index (χ4v) is 1.62. The van der Waals surface area contributed by atoms with Crippen molar-refractivity contribution in [2.45, 2.75) is 19.9 Å². The van der Waals surface area contributed by atoms with Gasteiger partial charge in [0.05, 0.1) is 11.0 Å². The molecule has 0 aliphatic carbocycles. The largest absolute Gasteiger partial charge is 0.392 e. The Morgan fingerprint density at radius 2 is 2.12 bits per heavy atom. The van der Waals surface area contributed by atoms with Crippen molar-refractivity contribution in [3.63, 3.8) is 0 Å². The molecule has 1 amide bonds. The molecule has 0 aromatic heterocycles. The molecule has 17 heavy (non-hydrogen) atoms. The van der Waals surface area contributed by atoms with Gasteiger partial charge >= 0.3 is 0 Å². The van der Waals surface area contributed by atoms with Gasteiger partial charge in [0.1, 0.15) is 0 Å². The Kier molecular flexibility index (Phi) is 4.48. The summed E-state index contributed by atoms with van der Waals surface area (Å²) in [5.74, 6) is -0.120. The van der Waals surface area contributed by atoms with Crippen LogP contribution in [0.25, 0.3) is 0 Å². The number of hydrogen-bond acceptors (Lipinski definition) is 2. The van der Waals surface area contributed by atoms with Gasteiger partial charge in [-0.05, 0) is 37.6 Å². The summed E-state index contributed by atoms with van der Waals surface area (Å²) in [6, 6.07) is 4.89. The molecule has 0 aliphatic heterocycles. The molecular formula is C12H15ClN2OS. The molecule has 1 aromatic rings. The van der Waals surface area contributed by atoms with E-state index in [1.807, 2.05) is 6.92 Å². The van der Waals surface area contributed by atoms with E-state index in [9.17, 15) is 4.79 Å². The molecule has 1 rings (SSSR count). The summed E-state index contributed by atoms with van der Waals surface area (Å²) in [6.45, 7) is 3.65. The molecule has 0 saturated carbocycles. The summed E-state index contributed by atoms with van der Waals surface area (Å²) in [7, 11) is 1.68. The Labute approximate surface area is 112 Å². The van der Waals surface area contributed by atoms with Crippen LogP contribution < -0.4 is 5.73 Å². The number of carbonyl (C=O) groups is 1. The van der Waals surface area contributed by atoms with Crippen LogP contribution in [0.15, 0.2) is 18.2 Å². The Bertz CT molecular complexity index is 462. The van der Waals surface area contributed by atoms with Gasteiger partial charge in [0.25, 0.3) is 5.91 Å². The molecule has 0 spiro atoms. The molecule has 92 valence electrons. The molecular weight excluding hydrogens is 256 g/mol. The van der Waals surface area contributed by atoms with Gasteiger partial charge in [-0.25, -0.2) is 0 Å². The molecule has 1 unspecified atom stereocenters. The van der Waals surface area contributed by atoms with Crippen LogP contribution in [-0.2, 0) is 0 Å². The number of thiocarbonyl (C=S) groups is 1. The number of carbonyl (C=O) groups excluding carboxylic acids is 1. The predicted octanol–water partition coefficient (Wildman–Crippen LogP) is 2.40. The summed E-state index contributed by atoms with van der Waals surface area (Å²) in [5.41, 5.74) is 6.97. The van der Waals surface area contributed by atoms with Gasteiger partial charge in [0, 0.05) is 17.6 Å². The first-order chi connectivity index (χ1) is 7.84. The second-order valence-electron chi connectivity index (χ2n) is 3.96. The van der Waals surface area contributed by atoms with Crippen molar-refractivity contribution >= 4 is 34.7 Å². The summed E-state index contributed by atoms with van der Waals surface area (Å²) in [5, 5.41) is 0.645. The second-order valence-corrected chi connectivity index (χ2v) is 4.84. The predicted molar refractivity (Wildman–Crippen MR) is 74.5 cm³/mol. The number of likely N-dealkylation sites (N-methyl/N-ethyl adjacent to an activating group) is 1. The fraction of sp³-hybridized carbons (Fsp3) is 0.333. The first-order valence-corrected chi connectivity index (χ1v) is 5.96. The molecule has 0 bridgehead atoms. The van der Waals surface area contributed by atoms with Gasteiger partial charge < -0.3 is 10.6 Å². The first kappa shape index (κ1) is 13.9. The van der Waals surface area contributed by atoms with Crippen LogP contribution in [0.3, 0.4) is 0 Å². The average Bonchev–Trinajstić information content (AvgIpc) is 2.29. The van der Waals surface area contributed by atoms with E-state index in [-0.39, 0.29) is 11.9 Å². The molecule has 0 fully saturated rings. The number of nitrogens with zero attached hydrogens (tertiary/aromatic N) is 1. The van der Waals surface area contributed by atoms with E-state index in [4.69, 9.17) is 29.6 Å². The minimum atomic E-state index is -0.270. The smallest absolute Gasteiger partial charge is 0.254 e. The summed E-state index contributed by atoms with van der Waals surface area (Å²) >= 11 is 10.8. The Morgan fingerprint density at radius 1 is 1.53 bits per heavy atom. The molecule has 2 N–H and O–H groups in total. The van der Waals surface area contributed by atoms with E-state index >= 15 is 0 Å². The van der Waals surface area contributed by atoms with Crippen molar-refractivity contribution in [1.82, 2.24) is 4.90 Å². The van der Waals surface area contributed by atoms with Crippen molar-refractivity contribution in [3.8, 4) is 0 Å². The van der Waals surface area contributed by atoms with Crippen LogP contribution >= 0.6 is 23.8 Å². The van der Waals surface area contributed by atoms with Crippen LogP contribution in [0.5, 0.6) is 0 Å². The summed E-state index contributed by atoms with van der Waals surface area (Å²) < 4.78 is 0. The van der Waals surface area contributed by atoms with Crippen LogP contribution in [-0.4, -0.2) is 28.9 Å². The lowest BCUT2D eigenvalue weighted by Crippen LogP contribution is -2.42. The number of rotatable bonds is 3. The van der Waals surface area contributed by atoms with E-state index in [1.165, 1.54) is 4.90 Å². The zero-order valence-electron chi connectivity index (χ0n) is 10.0. The molecule has 0 radical (unpaired) electrons. The van der Waals surface area contributed by atoms with Crippen molar-refractivity contribution in [3.05, 3.63) is 34.3 Å². The quantitative estimate of drug-likeness (QED) is 0.858.